The number of Topliss-reactive ketones (excluding diaryl/α,β-unsaturated/α-hetero) is 1. The summed E-state index contributed by atoms with van der Waals surface area (Å²) in [6.07, 6.45) is 0.300. The SMILES string of the molecule is CC(C)C[C@@H](C(=O)NN)[C@@H](C(=O)OC(C)(C)C)C(CCc1ccccc1)C(=O)CNC(=O)OCc1ccccc1. The van der Waals surface area contributed by atoms with E-state index >= 15 is 0 Å². The highest BCUT2D eigenvalue weighted by Gasteiger charge is 2.44. The lowest BCUT2D eigenvalue weighted by Gasteiger charge is -2.33. The normalized spacial score (nSPS) is 13.6. The van der Waals surface area contributed by atoms with E-state index in [1.54, 1.807) is 20.8 Å². The molecule has 9 nitrogen and oxygen atoms in total. The molecule has 40 heavy (non-hydrogen) atoms. The zero-order valence-corrected chi connectivity index (χ0v) is 24.1. The Labute approximate surface area is 237 Å². The summed E-state index contributed by atoms with van der Waals surface area (Å²) in [6.45, 7) is 8.72. The van der Waals surface area contributed by atoms with Crippen LogP contribution < -0.4 is 16.6 Å². The van der Waals surface area contributed by atoms with Gasteiger partial charge in [-0.15, -0.1) is 0 Å². The molecule has 0 aliphatic rings. The fourth-order valence-corrected chi connectivity index (χ4v) is 4.58. The number of ether oxygens (including phenoxy) is 2. The molecule has 0 aliphatic carbocycles. The first-order valence-corrected chi connectivity index (χ1v) is 13.7. The Hall–Kier alpha value is -3.72. The highest BCUT2D eigenvalue weighted by atomic mass is 16.6. The van der Waals surface area contributed by atoms with E-state index in [-0.39, 0.29) is 25.5 Å². The highest BCUT2D eigenvalue weighted by molar-refractivity contribution is 5.93. The molecule has 2 aromatic carbocycles. The molecule has 0 radical (unpaired) electrons. The summed E-state index contributed by atoms with van der Waals surface area (Å²) in [5, 5.41) is 2.51. The van der Waals surface area contributed by atoms with Gasteiger partial charge in [-0.1, -0.05) is 74.5 Å². The standard InChI is InChI=1S/C31H43N3O6/c1-21(2)18-25(28(36)34-32)27(29(37)40-31(3,4)5)24(17-16-22-12-8-6-9-13-22)26(35)19-33-30(38)39-20-23-14-10-7-11-15-23/h6-15,21,24-25,27H,16-20,32H2,1-5H3,(H,33,38)(H,34,36)/t24?,25-,27+/m1/s1. The molecule has 3 atom stereocenters. The maximum Gasteiger partial charge on any atom is 0.407 e. The second kappa shape index (κ2) is 15.8. The summed E-state index contributed by atoms with van der Waals surface area (Å²) < 4.78 is 11.0. The number of nitrogens with two attached hydrogens (primary N) is 1. The van der Waals surface area contributed by atoms with Gasteiger partial charge in [0.15, 0.2) is 5.78 Å². The van der Waals surface area contributed by atoms with Crippen LogP contribution in [0.1, 0.15) is 58.6 Å². The van der Waals surface area contributed by atoms with Gasteiger partial charge in [0, 0.05) is 5.92 Å². The lowest BCUT2D eigenvalue weighted by molar-refractivity contribution is -0.168. The van der Waals surface area contributed by atoms with Gasteiger partial charge >= 0.3 is 12.1 Å². The maximum atomic E-state index is 13.7. The molecule has 0 bridgehead atoms. The number of hydrazine groups is 1. The van der Waals surface area contributed by atoms with Crippen LogP contribution in [0.15, 0.2) is 60.7 Å². The van der Waals surface area contributed by atoms with Crippen molar-refractivity contribution in [1.82, 2.24) is 10.7 Å². The summed E-state index contributed by atoms with van der Waals surface area (Å²) in [4.78, 5) is 52.8. The Morgan fingerprint density at radius 2 is 1.45 bits per heavy atom. The van der Waals surface area contributed by atoms with Gasteiger partial charge in [-0.3, -0.25) is 19.8 Å². The number of hydrogen-bond donors (Lipinski definition) is 3. The summed E-state index contributed by atoms with van der Waals surface area (Å²) >= 11 is 0. The fourth-order valence-electron chi connectivity index (χ4n) is 4.58. The second-order valence-corrected chi connectivity index (χ2v) is 11.3. The van der Waals surface area contributed by atoms with Gasteiger partial charge in [0.25, 0.3) is 0 Å². The molecule has 4 N–H and O–H groups in total. The van der Waals surface area contributed by atoms with Crippen LogP contribution in [-0.2, 0) is 36.9 Å². The fraction of sp³-hybridized carbons (Fsp3) is 0.484. The summed E-state index contributed by atoms with van der Waals surface area (Å²) in [6, 6.07) is 18.7. The third kappa shape index (κ3) is 11.2. The predicted octanol–water partition coefficient (Wildman–Crippen LogP) is 4.34. The molecule has 9 heteroatoms. The number of carbonyl (C=O) groups is 4. The summed E-state index contributed by atoms with van der Waals surface area (Å²) in [5.74, 6) is 1.02. The van der Waals surface area contributed by atoms with Crippen molar-refractivity contribution >= 4 is 23.8 Å². The monoisotopic (exact) mass is 553 g/mol. The Kier molecular flexibility index (Phi) is 12.8. The number of benzene rings is 2. The molecule has 0 saturated heterocycles. The van der Waals surface area contributed by atoms with Gasteiger partial charge in [0.2, 0.25) is 5.91 Å². The second-order valence-electron chi connectivity index (χ2n) is 11.3. The van der Waals surface area contributed by atoms with Crippen molar-refractivity contribution in [3.8, 4) is 0 Å². The van der Waals surface area contributed by atoms with Crippen LogP contribution in [-0.4, -0.2) is 35.9 Å². The van der Waals surface area contributed by atoms with Crippen molar-refractivity contribution in [2.45, 2.75) is 66.1 Å². The maximum absolute atomic E-state index is 13.7. The van der Waals surface area contributed by atoms with E-state index in [9.17, 15) is 19.2 Å². The molecule has 2 rings (SSSR count). The largest absolute Gasteiger partial charge is 0.460 e. The number of amides is 2. The van der Waals surface area contributed by atoms with Crippen molar-refractivity contribution in [1.29, 1.82) is 0 Å². The number of carbonyl (C=O) groups excluding carboxylic acids is 4. The van der Waals surface area contributed by atoms with E-state index in [1.165, 1.54) is 0 Å². The van der Waals surface area contributed by atoms with Crippen LogP contribution in [0.4, 0.5) is 4.79 Å². The molecule has 0 heterocycles. The minimum atomic E-state index is -1.11. The third-order valence-electron chi connectivity index (χ3n) is 6.37. The van der Waals surface area contributed by atoms with Crippen LogP contribution >= 0.6 is 0 Å². The molecule has 2 amide bonds. The topological polar surface area (TPSA) is 137 Å². The van der Waals surface area contributed by atoms with E-state index in [4.69, 9.17) is 15.3 Å². The molecule has 0 aliphatic heterocycles. The third-order valence-corrected chi connectivity index (χ3v) is 6.37. The molecule has 2 aromatic rings. The van der Waals surface area contributed by atoms with E-state index in [0.29, 0.717) is 12.8 Å². The van der Waals surface area contributed by atoms with Gasteiger partial charge in [-0.25, -0.2) is 10.6 Å². The van der Waals surface area contributed by atoms with Crippen molar-refractivity contribution in [2.75, 3.05) is 6.54 Å². The number of rotatable bonds is 14. The quantitative estimate of drug-likeness (QED) is 0.137. The predicted molar refractivity (Wildman–Crippen MR) is 152 cm³/mol. The lowest BCUT2D eigenvalue weighted by atomic mass is 9.73. The minimum absolute atomic E-state index is 0.0307. The Balaban J connectivity index is 2.34. The van der Waals surface area contributed by atoms with Crippen LogP contribution in [0.3, 0.4) is 0 Å². The molecule has 0 aromatic heterocycles. The lowest BCUT2D eigenvalue weighted by Crippen LogP contribution is -2.49. The van der Waals surface area contributed by atoms with Crippen molar-refractivity contribution in [3.05, 3.63) is 71.8 Å². The van der Waals surface area contributed by atoms with Crippen LogP contribution in [0.5, 0.6) is 0 Å². The van der Waals surface area contributed by atoms with E-state index in [1.807, 2.05) is 74.5 Å². The Bertz CT molecular complexity index is 1100. The van der Waals surface area contributed by atoms with Gasteiger partial charge in [-0.05, 0) is 57.1 Å². The zero-order valence-electron chi connectivity index (χ0n) is 24.1. The van der Waals surface area contributed by atoms with Crippen molar-refractivity contribution < 1.29 is 28.7 Å². The number of alkyl carbamates (subject to hydrolysis) is 1. The highest BCUT2D eigenvalue weighted by Crippen LogP contribution is 2.33. The van der Waals surface area contributed by atoms with Gasteiger partial charge in [-0.2, -0.15) is 0 Å². The Morgan fingerprint density at radius 3 is 1.98 bits per heavy atom. The first kappa shape index (κ1) is 32.5. The van der Waals surface area contributed by atoms with Crippen molar-refractivity contribution in [2.24, 2.45) is 29.5 Å². The zero-order chi connectivity index (χ0) is 29.7. The number of hydrogen-bond acceptors (Lipinski definition) is 7. The van der Waals surface area contributed by atoms with E-state index in [0.717, 1.165) is 11.1 Å². The van der Waals surface area contributed by atoms with E-state index in [2.05, 4.69) is 10.7 Å². The minimum Gasteiger partial charge on any atom is -0.460 e. The first-order valence-electron chi connectivity index (χ1n) is 13.7. The molecule has 1 unspecified atom stereocenters. The van der Waals surface area contributed by atoms with Gasteiger partial charge < -0.3 is 14.8 Å². The van der Waals surface area contributed by atoms with Gasteiger partial charge in [0.05, 0.1) is 18.4 Å². The number of ketones is 1. The molecule has 0 spiro atoms. The van der Waals surface area contributed by atoms with E-state index < -0.39 is 47.1 Å². The number of esters is 1. The molecular formula is C31H43N3O6. The Morgan fingerprint density at radius 1 is 0.875 bits per heavy atom. The van der Waals surface area contributed by atoms with Crippen LogP contribution in [0.2, 0.25) is 0 Å². The molecular weight excluding hydrogens is 510 g/mol. The summed E-state index contributed by atoms with van der Waals surface area (Å²) in [7, 11) is 0. The first-order chi connectivity index (χ1) is 18.9. The number of nitrogens with one attached hydrogen (secondary N) is 2. The molecule has 0 saturated carbocycles. The molecule has 0 fully saturated rings. The smallest absolute Gasteiger partial charge is 0.407 e. The van der Waals surface area contributed by atoms with Gasteiger partial charge in [0.1, 0.15) is 12.2 Å². The van der Waals surface area contributed by atoms with Crippen molar-refractivity contribution in [3.63, 3.8) is 0 Å². The average molecular weight is 554 g/mol. The van der Waals surface area contributed by atoms with Crippen LogP contribution in [0.25, 0.3) is 0 Å². The number of aryl methyl sites for hydroxylation is 1. The van der Waals surface area contributed by atoms with Crippen LogP contribution in [0, 0.1) is 23.7 Å². The molecule has 218 valence electrons. The summed E-state index contributed by atoms with van der Waals surface area (Å²) in [5.41, 5.74) is 3.11. The average Bonchev–Trinajstić information content (AvgIpc) is 2.91.